The van der Waals surface area contributed by atoms with Crippen molar-refractivity contribution in [2.45, 2.75) is 103 Å². The van der Waals surface area contributed by atoms with E-state index in [1.807, 2.05) is 24.8 Å². The van der Waals surface area contributed by atoms with E-state index in [0.29, 0.717) is 18.0 Å². The molecule has 2 aromatic heterocycles. The summed E-state index contributed by atoms with van der Waals surface area (Å²) in [5, 5.41) is 15.6. The van der Waals surface area contributed by atoms with E-state index in [2.05, 4.69) is 20.7 Å². The second-order valence-electron chi connectivity index (χ2n) is 9.06. The molecule has 0 bridgehead atoms. The Labute approximate surface area is 188 Å². The Hall–Kier alpha value is -2.71. The van der Waals surface area contributed by atoms with E-state index in [9.17, 15) is 9.59 Å². The first-order valence-electron chi connectivity index (χ1n) is 12.0. The Morgan fingerprint density at radius 3 is 2.53 bits per heavy atom. The molecule has 0 radical (unpaired) electrons. The maximum absolute atomic E-state index is 13.5. The van der Waals surface area contributed by atoms with Gasteiger partial charge in [-0.3, -0.25) is 9.59 Å². The third-order valence-electron chi connectivity index (χ3n) is 6.67. The first-order chi connectivity index (χ1) is 15.5. The van der Waals surface area contributed by atoms with Crippen LogP contribution in [0.1, 0.15) is 76.9 Å². The van der Waals surface area contributed by atoms with Crippen LogP contribution >= 0.6 is 0 Å². The van der Waals surface area contributed by atoms with Crippen molar-refractivity contribution in [3.05, 3.63) is 17.9 Å². The van der Waals surface area contributed by atoms with Crippen molar-refractivity contribution in [1.29, 1.82) is 0 Å². The van der Waals surface area contributed by atoms with Gasteiger partial charge in [0.2, 0.25) is 17.6 Å². The lowest BCUT2D eigenvalue weighted by molar-refractivity contribution is -0.145. The summed E-state index contributed by atoms with van der Waals surface area (Å²) in [6, 6.07) is 3.46. The van der Waals surface area contributed by atoms with Crippen LogP contribution in [-0.4, -0.2) is 55.0 Å². The zero-order valence-corrected chi connectivity index (χ0v) is 19.1. The molecule has 0 spiro atoms. The smallest absolute Gasteiger partial charge is 0.247 e. The van der Waals surface area contributed by atoms with E-state index in [1.54, 1.807) is 6.07 Å². The molecule has 2 aromatic rings. The predicted octanol–water partition coefficient (Wildman–Crippen LogP) is 3.24. The summed E-state index contributed by atoms with van der Waals surface area (Å²) in [5.41, 5.74) is 0. The van der Waals surface area contributed by atoms with Crippen LogP contribution in [0.2, 0.25) is 0 Å². The Kier molecular flexibility index (Phi) is 7.22. The maximum Gasteiger partial charge on any atom is 0.247 e. The summed E-state index contributed by atoms with van der Waals surface area (Å²) in [7, 11) is 0. The van der Waals surface area contributed by atoms with Gasteiger partial charge in [-0.15, -0.1) is 10.2 Å². The van der Waals surface area contributed by atoms with Crippen LogP contribution in [0.5, 0.6) is 0 Å². The van der Waals surface area contributed by atoms with Crippen molar-refractivity contribution in [3.8, 4) is 11.6 Å². The average molecular weight is 443 g/mol. The lowest BCUT2D eigenvalue weighted by Gasteiger charge is -2.39. The van der Waals surface area contributed by atoms with Gasteiger partial charge in [0.15, 0.2) is 5.76 Å². The summed E-state index contributed by atoms with van der Waals surface area (Å²) in [6.45, 7) is 3.78. The van der Waals surface area contributed by atoms with E-state index in [0.717, 1.165) is 57.1 Å². The molecule has 9 nitrogen and oxygen atoms in total. The van der Waals surface area contributed by atoms with Crippen LogP contribution in [0.3, 0.4) is 0 Å². The van der Waals surface area contributed by atoms with Gasteiger partial charge in [0, 0.05) is 12.1 Å². The molecule has 174 valence electrons. The van der Waals surface area contributed by atoms with E-state index in [1.165, 1.54) is 11.2 Å². The van der Waals surface area contributed by atoms with Gasteiger partial charge in [0.05, 0.1) is 0 Å². The van der Waals surface area contributed by atoms with E-state index < -0.39 is 6.04 Å². The molecule has 0 aromatic carbocycles. The van der Waals surface area contributed by atoms with Crippen LogP contribution < -0.4 is 5.32 Å². The molecule has 4 rings (SSSR count). The number of tetrazole rings is 1. The molecule has 32 heavy (non-hydrogen) atoms. The zero-order chi connectivity index (χ0) is 22.5. The Morgan fingerprint density at radius 2 is 1.88 bits per heavy atom. The second-order valence-corrected chi connectivity index (χ2v) is 9.06. The number of nitrogens with zero attached hydrogens (tertiary/aromatic N) is 5. The van der Waals surface area contributed by atoms with Crippen molar-refractivity contribution < 1.29 is 14.0 Å². The van der Waals surface area contributed by atoms with Crippen LogP contribution in [0, 0.1) is 6.92 Å². The van der Waals surface area contributed by atoms with Gasteiger partial charge in [-0.05, 0) is 56.4 Å². The van der Waals surface area contributed by atoms with Gasteiger partial charge in [-0.1, -0.05) is 39.0 Å². The normalized spacial score (nSPS) is 18.6. The summed E-state index contributed by atoms with van der Waals surface area (Å²) in [6.07, 6.45) is 10.2. The number of hydrogen-bond acceptors (Lipinski definition) is 6. The molecule has 0 aliphatic heterocycles. The highest BCUT2D eigenvalue weighted by atomic mass is 16.3. The van der Waals surface area contributed by atoms with Crippen LogP contribution in [0.25, 0.3) is 11.6 Å². The van der Waals surface area contributed by atoms with Gasteiger partial charge in [0.25, 0.3) is 0 Å². The standard InChI is InChI=1S/C23H34N6O3/c1-3-19(23(31)24-17-9-7-8-10-17)29(18-11-5-4-6-12-18)21(30)15-28-26-22(25-27-28)20-14-13-16(2)32-20/h13-14,17-19H,3-12,15H2,1-2H3,(H,24,31). The Bertz CT molecular complexity index is 910. The summed E-state index contributed by atoms with van der Waals surface area (Å²) in [5.74, 6) is 1.46. The maximum atomic E-state index is 13.5. The molecular formula is C23H34N6O3. The van der Waals surface area contributed by atoms with Crippen LogP contribution in [0.4, 0.5) is 0 Å². The molecule has 0 saturated heterocycles. The predicted molar refractivity (Wildman–Crippen MR) is 118 cm³/mol. The highest BCUT2D eigenvalue weighted by molar-refractivity contribution is 5.88. The lowest BCUT2D eigenvalue weighted by Crippen LogP contribution is -2.56. The van der Waals surface area contributed by atoms with E-state index in [-0.39, 0.29) is 30.4 Å². The van der Waals surface area contributed by atoms with Gasteiger partial charge in [-0.25, -0.2) is 0 Å². The van der Waals surface area contributed by atoms with E-state index >= 15 is 0 Å². The molecule has 2 heterocycles. The molecule has 2 aliphatic rings. The number of nitrogens with one attached hydrogen (secondary N) is 1. The molecule has 2 amide bonds. The number of furan rings is 1. The molecule has 9 heteroatoms. The quantitative estimate of drug-likeness (QED) is 0.673. The number of aromatic nitrogens is 4. The average Bonchev–Trinajstić information content (AvgIpc) is 3.55. The fourth-order valence-electron chi connectivity index (χ4n) is 5.03. The van der Waals surface area contributed by atoms with Gasteiger partial charge in [-0.2, -0.15) is 4.80 Å². The van der Waals surface area contributed by atoms with Crippen molar-refractivity contribution in [1.82, 2.24) is 30.4 Å². The molecule has 1 unspecified atom stereocenters. The third-order valence-corrected chi connectivity index (χ3v) is 6.67. The first kappa shape index (κ1) is 22.5. The SMILES string of the molecule is CCC(C(=O)NC1CCCC1)N(C(=O)Cn1nnc(-c2ccc(C)o2)n1)C1CCCCC1. The Balaban J connectivity index is 1.50. The third kappa shape index (κ3) is 5.19. The first-order valence-corrected chi connectivity index (χ1v) is 12.0. The highest BCUT2D eigenvalue weighted by Crippen LogP contribution is 2.26. The van der Waals surface area contributed by atoms with Gasteiger partial charge in [0.1, 0.15) is 18.3 Å². The lowest BCUT2D eigenvalue weighted by atomic mass is 9.92. The largest absolute Gasteiger partial charge is 0.458 e. The minimum Gasteiger partial charge on any atom is -0.458 e. The van der Waals surface area contributed by atoms with Crippen molar-refractivity contribution in [3.63, 3.8) is 0 Å². The molecule has 2 saturated carbocycles. The molecule has 2 aliphatic carbocycles. The minimum absolute atomic E-state index is 0.0309. The van der Waals surface area contributed by atoms with Crippen molar-refractivity contribution in [2.75, 3.05) is 0 Å². The summed E-state index contributed by atoms with van der Waals surface area (Å²) >= 11 is 0. The molecule has 1 atom stereocenters. The number of carbonyl (C=O) groups is 2. The van der Waals surface area contributed by atoms with Gasteiger partial charge >= 0.3 is 0 Å². The molecule has 2 fully saturated rings. The van der Waals surface area contributed by atoms with Crippen molar-refractivity contribution in [2.24, 2.45) is 0 Å². The summed E-state index contributed by atoms with van der Waals surface area (Å²) in [4.78, 5) is 29.8. The van der Waals surface area contributed by atoms with Crippen LogP contribution in [-0.2, 0) is 16.1 Å². The zero-order valence-electron chi connectivity index (χ0n) is 19.1. The number of rotatable bonds is 8. The molecule has 1 N–H and O–H groups in total. The second kappa shape index (κ2) is 10.3. The fourth-order valence-corrected chi connectivity index (χ4v) is 5.03. The number of hydrogen-bond donors (Lipinski definition) is 1. The Morgan fingerprint density at radius 1 is 1.16 bits per heavy atom. The number of aryl methyl sites for hydroxylation is 1. The number of amides is 2. The number of carbonyl (C=O) groups excluding carboxylic acids is 2. The highest BCUT2D eigenvalue weighted by Gasteiger charge is 2.36. The van der Waals surface area contributed by atoms with Crippen LogP contribution in [0.15, 0.2) is 16.5 Å². The monoisotopic (exact) mass is 442 g/mol. The fraction of sp³-hybridized carbons (Fsp3) is 0.696. The minimum atomic E-state index is -0.470. The van der Waals surface area contributed by atoms with Gasteiger partial charge < -0.3 is 14.6 Å². The van der Waals surface area contributed by atoms with Crippen molar-refractivity contribution >= 4 is 11.8 Å². The van der Waals surface area contributed by atoms with E-state index in [4.69, 9.17) is 4.42 Å². The molecular weight excluding hydrogens is 408 g/mol. The summed E-state index contributed by atoms with van der Waals surface area (Å²) < 4.78 is 5.55. The topological polar surface area (TPSA) is 106 Å².